The normalized spacial score (nSPS) is 15.5. The number of amides is 3. The minimum absolute atomic E-state index is 0.176. The van der Waals surface area contributed by atoms with Crippen LogP contribution in [0.15, 0.2) is 35.2 Å². The quantitative estimate of drug-likeness (QED) is 0.744. The first kappa shape index (κ1) is 19.4. The Morgan fingerprint density at radius 2 is 1.82 bits per heavy atom. The summed E-state index contributed by atoms with van der Waals surface area (Å²) in [5, 5.41) is 8.24. The van der Waals surface area contributed by atoms with Crippen LogP contribution in [0.3, 0.4) is 0 Å². The number of hydrogen-bond donors (Lipinski definition) is 2. The first-order valence-electron chi connectivity index (χ1n) is 8.25. The smallest absolute Gasteiger partial charge is 0.323 e. The van der Waals surface area contributed by atoms with Crippen molar-refractivity contribution in [2.24, 2.45) is 5.73 Å². The van der Waals surface area contributed by atoms with Gasteiger partial charge in [0.2, 0.25) is 5.91 Å². The van der Waals surface area contributed by atoms with E-state index in [2.05, 4.69) is 0 Å². The predicted octanol–water partition coefficient (Wildman–Crippen LogP) is 2.31. The second-order valence-corrected chi connectivity index (χ2v) is 7.23. The Hall–Kier alpha value is -3.33. The number of carboxylic acid groups (broad SMARTS) is 1. The first-order valence-corrected chi connectivity index (χ1v) is 9.07. The van der Waals surface area contributed by atoms with Gasteiger partial charge in [-0.3, -0.25) is 24.1 Å². The number of primary amides is 1. The molecule has 1 aliphatic heterocycles. The second kappa shape index (κ2) is 7.35. The van der Waals surface area contributed by atoms with Gasteiger partial charge in [0.1, 0.15) is 6.54 Å². The SMILES string of the molecule is Cc1cc(/C=C2/SC(=O)N(CC(=O)O)C2=O)c(C)n1-c1ccc(C(N)=O)cc1. The molecule has 1 fully saturated rings. The van der Waals surface area contributed by atoms with Gasteiger partial charge in [0.15, 0.2) is 0 Å². The van der Waals surface area contributed by atoms with Crippen molar-refractivity contribution in [3.05, 3.63) is 57.8 Å². The molecule has 9 heteroatoms. The van der Waals surface area contributed by atoms with Crippen LogP contribution in [0.4, 0.5) is 4.79 Å². The largest absolute Gasteiger partial charge is 0.480 e. The summed E-state index contributed by atoms with van der Waals surface area (Å²) in [7, 11) is 0. The fourth-order valence-electron chi connectivity index (χ4n) is 3.02. The molecule has 3 amide bonds. The van der Waals surface area contributed by atoms with Gasteiger partial charge < -0.3 is 15.4 Å². The fraction of sp³-hybridized carbons (Fsp3) is 0.158. The Morgan fingerprint density at radius 3 is 2.39 bits per heavy atom. The average Bonchev–Trinajstić information content (AvgIpc) is 3.05. The lowest BCUT2D eigenvalue weighted by Gasteiger charge is -2.10. The van der Waals surface area contributed by atoms with Gasteiger partial charge in [0.05, 0.1) is 4.91 Å². The molecule has 0 radical (unpaired) electrons. The highest BCUT2D eigenvalue weighted by atomic mass is 32.2. The number of nitrogens with two attached hydrogens (primary N) is 1. The van der Waals surface area contributed by atoms with E-state index in [0.29, 0.717) is 10.5 Å². The number of rotatable bonds is 5. The highest BCUT2D eigenvalue weighted by molar-refractivity contribution is 8.18. The van der Waals surface area contributed by atoms with E-state index in [0.717, 1.165) is 34.4 Å². The van der Waals surface area contributed by atoms with E-state index in [1.165, 1.54) is 0 Å². The van der Waals surface area contributed by atoms with Gasteiger partial charge in [-0.15, -0.1) is 0 Å². The van der Waals surface area contributed by atoms with Crippen LogP contribution in [0.2, 0.25) is 0 Å². The van der Waals surface area contributed by atoms with Gasteiger partial charge in [0, 0.05) is 22.6 Å². The lowest BCUT2D eigenvalue weighted by Crippen LogP contribution is -2.33. The molecule has 3 N–H and O–H groups in total. The summed E-state index contributed by atoms with van der Waals surface area (Å²) in [5.41, 5.74) is 8.94. The number of hydrogen-bond acceptors (Lipinski definition) is 5. The Balaban J connectivity index is 1.95. The van der Waals surface area contributed by atoms with E-state index in [9.17, 15) is 19.2 Å². The van der Waals surface area contributed by atoms with Crippen molar-refractivity contribution in [3.8, 4) is 5.69 Å². The van der Waals surface area contributed by atoms with Crippen LogP contribution in [0.25, 0.3) is 11.8 Å². The number of aryl methyl sites for hydroxylation is 1. The number of thioether (sulfide) groups is 1. The Labute approximate surface area is 164 Å². The van der Waals surface area contributed by atoms with Crippen molar-refractivity contribution in [2.75, 3.05) is 6.54 Å². The van der Waals surface area contributed by atoms with E-state index in [4.69, 9.17) is 10.8 Å². The zero-order valence-electron chi connectivity index (χ0n) is 15.1. The number of aliphatic carboxylic acids is 1. The highest BCUT2D eigenvalue weighted by Crippen LogP contribution is 2.33. The molecule has 2 aromatic rings. The van der Waals surface area contributed by atoms with Crippen LogP contribution in [0.1, 0.15) is 27.3 Å². The van der Waals surface area contributed by atoms with Crippen LogP contribution in [-0.2, 0) is 9.59 Å². The van der Waals surface area contributed by atoms with Crippen molar-refractivity contribution >= 4 is 40.9 Å². The molecule has 0 spiro atoms. The van der Waals surface area contributed by atoms with Gasteiger partial charge in [-0.05, 0) is 67.6 Å². The highest BCUT2D eigenvalue weighted by Gasteiger charge is 2.36. The number of benzene rings is 1. The van der Waals surface area contributed by atoms with Crippen molar-refractivity contribution in [3.63, 3.8) is 0 Å². The summed E-state index contributed by atoms with van der Waals surface area (Å²) >= 11 is 0.718. The van der Waals surface area contributed by atoms with Crippen molar-refractivity contribution < 1.29 is 24.3 Å². The summed E-state index contributed by atoms with van der Waals surface area (Å²) in [5.74, 6) is -2.38. The lowest BCUT2D eigenvalue weighted by molar-refractivity contribution is -0.140. The van der Waals surface area contributed by atoms with Gasteiger partial charge in [0.25, 0.3) is 11.1 Å². The minimum Gasteiger partial charge on any atom is -0.480 e. The van der Waals surface area contributed by atoms with Crippen molar-refractivity contribution in [1.29, 1.82) is 0 Å². The summed E-state index contributed by atoms with van der Waals surface area (Å²) in [6.45, 7) is 3.10. The number of nitrogens with zero attached hydrogens (tertiary/aromatic N) is 2. The topological polar surface area (TPSA) is 123 Å². The van der Waals surface area contributed by atoms with E-state index in [-0.39, 0.29) is 4.91 Å². The molecule has 1 aromatic carbocycles. The number of carboxylic acids is 1. The average molecular weight is 399 g/mol. The zero-order chi connectivity index (χ0) is 20.6. The van der Waals surface area contributed by atoms with E-state index in [1.807, 2.05) is 24.5 Å². The molecule has 2 heterocycles. The molecule has 28 heavy (non-hydrogen) atoms. The summed E-state index contributed by atoms with van der Waals surface area (Å²) in [6.07, 6.45) is 1.59. The molecule has 0 atom stereocenters. The monoisotopic (exact) mass is 399 g/mol. The number of aromatic nitrogens is 1. The molecule has 3 rings (SSSR count). The standard InChI is InChI=1S/C19H17N3O5S/c1-10-7-13(8-15-18(26)21(9-16(23)24)19(27)28-15)11(2)22(10)14-5-3-12(4-6-14)17(20)25/h3-8H,9H2,1-2H3,(H2,20,25)(H,23,24)/b15-8+. The molecule has 8 nitrogen and oxygen atoms in total. The third-order valence-electron chi connectivity index (χ3n) is 4.33. The number of carbonyl (C=O) groups excluding carboxylic acids is 3. The molecule has 1 aliphatic rings. The van der Waals surface area contributed by atoms with Crippen LogP contribution in [0.5, 0.6) is 0 Å². The summed E-state index contributed by atoms with van der Waals surface area (Å²) < 4.78 is 1.94. The molecule has 0 saturated carbocycles. The van der Waals surface area contributed by atoms with Crippen LogP contribution in [-0.4, -0.2) is 44.1 Å². The van der Waals surface area contributed by atoms with Gasteiger partial charge >= 0.3 is 5.97 Å². The maximum Gasteiger partial charge on any atom is 0.323 e. The van der Waals surface area contributed by atoms with Crippen LogP contribution < -0.4 is 5.73 Å². The molecule has 1 aromatic heterocycles. The van der Waals surface area contributed by atoms with Crippen molar-refractivity contribution in [2.45, 2.75) is 13.8 Å². The third kappa shape index (κ3) is 3.56. The maximum absolute atomic E-state index is 12.3. The Kier molecular flexibility index (Phi) is 5.10. The predicted molar refractivity (Wildman–Crippen MR) is 104 cm³/mol. The molecule has 1 saturated heterocycles. The molecule has 0 bridgehead atoms. The lowest BCUT2D eigenvalue weighted by atomic mass is 10.2. The molecule has 144 valence electrons. The molecule has 0 aliphatic carbocycles. The van der Waals surface area contributed by atoms with Gasteiger partial charge in [-0.25, -0.2) is 0 Å². The first-order chi connectivity index (χ1) is 13.2. The third-order valence-corrected chi connectivity index (χ3v) is 5.24. The molecule has 0 unspecified atom stereocenters. The minimum atomic E-state index is -1.25. The zero-order valence-corrected chi connectivity index (χ0v) is 15.9. The Bertz CT molecular complexity index is 1040. The van der Waals surface area contributed by atoms with Gasteiger partial charge in [-0.2, -0.15) is 0 Å². The van der Waals surface area contributed by atoms with Crippen LogP contribution in [0, 0.1) is 13.8 Å². The number of imide groups is 1. The van der Waals surface area contributed by atoms with E-state index < -0.39 is 29.6 Å². The van der Waals surface area contributed by atoms with Gasteiger partial charge in [-0.1, -0.05) is 0 Å². The number of carbonyl (C=O) groups is 4. The maximum atomic E-state index is 12.3. The molecular formula is C19H17N3O5S. The van der Waals surface area contributed by atoms with Crippen molar-refractivity contribution in [1.82, 2.24) is 9.47 Å². The van der Waals surface area contributed by atoms with E-state index >= 15 is 0 Å². The second-order valence-electron chi connectivity index (χ2n) is 6.23. The summed E-state index contributed by atoms with van der Waals surface area (Å²) in [6, 6.07) is 8.67. The summed E-state index contributed by atoms with van der Waals surface area (Å²) in [4.78, 5) is 47.2. The fourth-order valence-corrected chi connectivity index (χ4v) is 3.85. The Morgan fingerprint density at radius 1 is 1.18 bits per heavy atom. The van der Waals surface area contributed by atoms with Crippen LogP contribution >= 0.6 is 11.8 Å². The van der Waals surface area contributed by atoms with E-state index in [1.54, 1.807) is 30.3 Å². The molecular weight excluding hydrogens is 382 g/mol.